The number of thiazole rings is 1. The van der Waals surface area contributed by atoms with Gasteiger partial charge in [-0.1, -0.05) is 0 Å². The lowest BCUT2D eigenvalue weighted by Gasteiger charge is -2.10. The number of rotatable bonds is 5. The molecule has 116 valence electrons. The number of aromatic nitrogens is 2. The SMILES string of the molecule is Cc1cn2c(CCN)c(-c3ccc(OC(C)C)cc3)nc2s1. The van der Waals surface area contributed by atoms with Crippen molar-refractivity contribution in [3.8, 4) is 17.0 Å². The van der Waals surface area contributed by atoms with Gasteiger partial charge in [-0.05, 0) is 51.6 Å². The van der Waals surface area contributed by atoms with E-state index in [1.54, 1.807) is 11.3 Å². The van der Waals surface area contributed by atoms with Gasteiger partial charge in [0.05, 0.1) is 17.5 Å². The van der Waals surface area contributed by atoms with Crippen LogP contribution in [0, 0.1) is 6.92 Å². The first-order chi connectivity index (χ1) is 10.6. The minimum absolute atomic E-state index is 0.180. The Hall–Kier alpha value is -1.85. The van der Waals surface area contributed by atoms with E-state index in [0.717, 1.165) is 28.4 Å². The Kier molecular flexibility index (Phi) is 4.18. The van der Waals surface area contributed by atoms with Gasteiger partial charge in [-0.2, -0.15) is 0 Å². The van der Waals surface area contributed by atoms with Crippen molar-refractivity contribution in [2.75, 3.05) is 6.54 Å². The van der Waals surface area contributed by atoms with E-state index in [2.05, 4.69) is 29.7 Å². The molecule has 0 aliphatic heterocycles. The van der Waals surface area contributed by atoms with E-state index in [0.29, 0.717) is 6.54 Å². The second-order valence-electron chi connectivity index (χ2n) is 5.63. The van der Waals surface area contributed by atoms with Crippen LogP contribution in [-0.2, 0) is 6.42 Å². The van der Waals surface area contributed by atoms with E-state index < -0.39 is 0 Å². The molecule has 0 bridgehead atoms. The van der Waals surface area contributed by atoms with Crippen molar-refractivity contribution in [2.24, 2.45) is 5.73 Å². The summed E-state index contributed by atoms with van der Waals surface area (Å²) in [6.45, 7) is 6.77. The van der Waals surface area contributed by atoms with Crippen LogP contribution in [0.3, 0.4) is 0 Å². The number of benzene rings is 1. The number of ether oxygens (including phenoxy) is 1. The highest BCUT2D eigenvalue weighted by Crippen LogP contribution is 2.29. The van der Waals surface area contributed by atoms with Gasteiger partial charge in [-0.15, -0.1) is 11.3 Å². The minimum atomic E-state index is 0.180. The highest BCUT2D eigenvalue weighted by molar-refractivity contribution is 7.17. The van der Waals surface area contributed by atoms with E-state index in [-0.39, 0.29) is 6.10 Å². The fraction of sp³-hybridized carbons (Fsp3) is 0.353. The van der Waals surface area contributed by atoms with Gasteiger partial charge in [-0.25, -0.2) is 4.98 Å². The maximum Gasteiger partial charge on any atom is 0.194 e. The molecule has 0 unspecified atom stereocenters. The summed E-state index contributed by atoms with van der Waals surface area (Å²) in [6, 6.07) is 8.13. The summed E-state index contributed by atoms with van der Waals surface area (Å²) >= 11 is 1.71. The molecule has 1 aromatic carbocycles. The standard InChI is InChI=1S/C17H21N3OS/c1-11(2)21-14-6-4-13(5-7-14)16-15(8-9-18)20-10-12(3)22-17(20)19-16/h4-7,10-11H,8-9,18H2,1-3H3. The summed E-state index contributed by atoms with van der Waals surface area (Å²) in [5, 5.41) is 0. The van der Waals surface area contributed by atoms with Crippen molar-refractivity contribution in [2.45, 2.75) is 33.3 Å². The molecule has 0 aliphatic rings. The molecular weight excluding hydrogens is 294 g/mol. The van der Waals surface area contributed by atoms with Crippen LogP contribution in [0.25, 0.3) is 16.2 Å². The molecule has 0 aliphatic carbocycles. The molecule has 0 atom stereocenters. The lowest BCUT2D eigenvalue weighted by Crippen LogP contribution is -2.06. The molecule has 3 aromatic rings. The summed E-state index contributed by atoms with van der Waals surface area (Å²) in [7, 11) is 0. The van der Waals surface area contributed by atoms with E-state index >= 15 is 0 Å². The molecule has 0 saturated carbocycles. The quantitative estimate of drug-likeness (QED) is 0.782. The first-order valence-electron chi connectivity index (χ1n) is 7.53. The van der Waals surface area contributed by atoms with Crippen LogP contribution < -0.4 is 10.5 Å². The summed E-state index contributed by atoms with van der Waals surface area (Å²) in [6.07, 6.45) is 3.13. The molecule has 2 heterocycles. The van der Waals surface area contributed by atoms with Gasteiger partial charge in [-0.3, -0.25) is 4.40 Å². The lowest BCUT2D eigenvalue weighted by atomic mass is 10.1. The fourth-order valence-corrected chi connectivity index (χ4v) is 3.42. The summed E-state index contributed by atoms with van der Waals surface area (Å²) in [5.74, 6) is 0.885. The third-order valence-corrected chi connectivity index (χ3v) is 4.32. The number of nitrogens with zero attached hydrogens (tertiary/aromatic N) is 2. The predicted octanol–water partition coefficient (Wildman–Crippen LogP) is 3.66. The zero-order chi connectivity index (χ0) is 15.7. The highest BCUT2D eigenvalue weighted by Gasteiger charge is 2.15. The number of hydrogen-bond donors (Lipinski definition) is 1. The van der Waals surface area contributed by atoms with Gasteiger partial charge >= 0.3 is 0 Å². The third kappa shape index (κ3) is 2.87. The average Bonchev–Trinajstić information content (AvgIpc) is 2.97. The van der Waals surface area contributed by atoms with Gasteiger partial charge in [0.25, 0.3) is 0 Å². The monoisotopic (exact) mass is 315 g/mol. The number of aryl methyl sites for hydroxylation is 1. The number of nitrogens with two attached hydrogens (primary N) is 1. The molecule has 2 aromatic heterocycles. The molecule has 0 fully saturated rings. The van der Waals surface area contributed by atoms with Crippen molar-refractivity contribution in [3.63, 3.8) is 0 Å². The summed E-state index contributed by atoms with van der Waals surface area (Å²) < 4.78 is 7.87. The molecule has 5 heteroatoms. The normalized spacial score (nSPS) is 11.5. The largest absolute Gasteiger partial charge is 0.491 e. The molecule has 22 heavy (non-hydrogen) atoms. The maximum atomic E-state index is 5.79. The Morgan fingerprint density at radius 3 is 2.64 bits per heavy atom. The predicted molar refractivity (Wildman–Crippen MR) is 91.8 cm³/mol. The van der Waals surface area contributed by atoms with Crippen molar-refractivity contribution in [3.05, 3.63) is 41.0 Å². The number of fused-ring (bicyclic) bond motifs is 1. The Morgan fingerprint density at radius 2 is 2.00 bits per heavy atom. The van der Waals surface area contributed by atoms with Crippen molar-refractivity contribution in [1.29, 1.82) is 0 Å². The van der Waals surface area contributed by atoms with Crippen LogP contribution in [0.4, 0.5) is 0 Å². The third-order valence-electron chi connectivity index (χ3n) is 3.42. The lowest BCUT2D eigenvalue weighted by molar-refractivity contribution is 0.242. The molecule has 2 N–H and O–H groups in total. The van der Waals surface area contributed by atoms with Gasteiger partial charge in [0.1, 0.15) is 5.75 Å². The molecule has 0 saturated heterocycles. The Labute approximate surface area is 134 Å². The molecule has 3 rings (SSSR count). The maximum absolute atomic E-state index is 5.79. The zero-order valence-electron chi connectivity index (χ0n) is 13.2. The van der Waals surface area contributed by atoms with E-state index in [9.17, 15) is 0 Å². The van der Waals surface area contributed by atoms with Crippen LogP contribution >= 0.6 is 11.3 Å². The molecule has 0 spiro atoms. The van der Waals surface area contributed by atoms with Crippen molar-refractivity contribution < 1.29 is 4.74 Å². The second kappa shape index (κ2) is 6.10. The Bertz CT molecular complexity index is 771. The van der Waals surface area contributed by atoms with E-state index in [1.807, 2.05) is 26.0 Å². The van der Waals surface area contributed by atoms with E-state index in [1.165, 1.54) is 10.6 Å². The molecule has 0 amide bonds. The summed E-state index contributed by atoms with van der Waals surface area (Å²) in [5.41, 5.74) is 9.09. The zero-order valence-corrected chi connectivity index (χ0v) is 14.0. The van der Waals surface area contributed by atoms with Gasteiger partial charge in [0, 0.05) is 23.1 Å². The number of imidazole rings is 1. The Balaban J connectivity index is 2.01. The van der Waals surface area contributed by atoms with Crippen LogP contribution in [0.2, 0.25) is 0 Å². The highest BCUT2D eigenvalue weighted by atomic mass is 32.1. The van der Waals surface area contributed by atoms with Gasteiger partial charge in [0.15, 0.2) is 4.96 Å². The van der Waals surface area contributed by atoms with Crippen molar-refractivity contribution >= 4 is 16.3 Å². The van der Waals surface area contributed by atoms with Crippen LogP contribution in [0.5, 0.6) is 5.75 Å². The van der Waals surface area contributed by atoms with Gasteiger partial charge < -0.3 is 10.5 Å². The fourth-order valence-electron chi connectivity index (χ4n) is 2.57. The molecule has 4 nitrogen and oxygen atoms in total. The van der Waals surface area contributed by atoms with Crippen LogP contribution in [-0.4, -0.2) is 22.0 Å². The minimum Gasteiger partial charge on any atom is -0.491 e. The van der Waals surface area contributed by atoms with Crippen molar-refractivity contribution in [1.82, 2.24) is 9.38 Å². The van der Waals surface area contributed by atoms with Crippen LogP contribution in [0.15, 0.2) is 30.5 Å². The second-order valence-corrected chi connectivity index (χ2v) is 6.84. The first-order valence-corrected chi connectivity index (χ1v) is 8.34. The molecular formula is C17H21N3OS. The molecule has 0 radical (unpaired) electrons. The van der Waals surface area contributed by atoms with Crippen LogP contribution in [0.1, 0.15) is 24.4 Å². The first kappa shape index (κ1) is 15.1. The number of hydrogen-bond acceptors (Lipinski definition) is 4. The Morgan fingerprint density at radius 1 is 1.27 bits per heavy atom. The topological polar surface area (TPSA) is 52.5 Å². The van der Waals surface area contributed by atoms with E-state index in [4.69, 9.17) is 15.5 Å². The van der Waals surface area contributed by atoms with Gasteiger partial charge in [0.2, 0.25) is 0 Å². The smallest absolute Gasteiger partial charge is 0.194 e. The average molecular weight is 315 g/mol. The summed E-state index contributed by atoms with van der Waals surface area (Å²) in [4.78, 5) is 7.08.